The fourth-order valence-electron chi connectivity index (χ4n) is 2.97. The number of hydrogen-bond acceptors (Lipinski definition) is 6. The Morgan fingerprint density at radius 1 is 1.30 bits per heavy atom. The normalized spacial score (nSPS) is 17.0. The van der Waals surface area contributed by atoms with Gasteiger partial charge in [-0.25, -0.2) is 0 Å². The molecule has 12 heteroatoms. The topological polar surface area (TPSA) is 113 Å². The summed E-state index contributed by atoms with van der Waals surface area (Å²) in [5, 5.41) is 14.2. The second-order valence-corrected chi connectivity index (χ2v) is 7.81. The highest BCUT2D eigenvalue weighted by Crippen LogP contribution is 2.29. The third-order valence-corrected chi connectivity index (χ3v) is 5.20. The molecule has 0 amide bonds. The number of nitrogens with zero attached hydrogens (tertiary/aromatic N) is 2. The molecule has 0 spiro atoms. The first-order valence-electron chi connectivity index (χ1n) is 8.27. The minimum Gasteiger partial charge on any atom is -0.377 e. The van der Waals surface area contributed by atoms with Crippen LogP contribution in [0.15, 0.2) is 23.1 Å². The fraction of sp³-hybridized carbons (Fsp3) is 0.600. The van der Waals surface area contributed by atoms with Gasteiger partial charge in [-0.2, -0.15) is 21.6 Å². The second kappa shape index (κ2) is 8.40. The Hall–Kier alpha value is -1.92. The van der Waals surface area contributed by atoms with E-state index >= 15 is 0 Å². The minimum absolute atomic E-state index is 0.0319. The summed E-state index contributed by atoms with van der Waals surface area (Å²) in [6, 6.07) is 2.94. The highest BCUT2D eigenvalue weighted by atomic mass is 32.2. The smallest absolute Gasteiger partial charge is 0.377 e. The Kier molecular flexibility index (Phi) is 6.65. The number of hydrogen-bond donors (Lipinski definition) is 2. The summed E-state index contributed by atoms with van der Waals surface area (Å²) >= 11 is 0. The molecular formula is C15H20F3N3O5S. The zero-order chi connectivity index (χ0) is 20.2. The van der Waals surface area contributed by atoms with E-state index in [9.17, 15) is 31.7 Å². The molecule has 152 valence electrons. The van der Waals surface area contributed by atoms with E-state index in [4.69, 9.17) is 4.55 Å². The molecule has 0 bridgehead atoms. The lowest BCUT2D eigenvalue weighted by atomic mass is 10.0. The molecule has 1 aliphatic rings. The van der Waals surface area contributed by atoms with E-state index in [0.717, 1.165) is 12.1 Å². The molecule has 1 aromatic rings. The first-order valence-corrected chi connectivity index (χ1v) is 9.71. The molecule has 1 aromatic carbocycles. The molecule has 1 fully saturated rings. The van der Waals surface area contributed by atoms with Crippen LogP contribution >= 0.6 is 0 Å². The number of alkyl halides is 3. The summed E-state index contributed by atoms with van der Waals surface area (Å²) in [6.07, 6.45) is -3.78. The van der Waals surface area contributed by atoms with Gasteiger partial charge in [0.2, 0.25) is 0 Å². The minimum atomic E-state index is -4.55. The number of rotatable bonds is 7. The number of benzene rings is 1. The van der Waals surface area contributed by atoms with Gasteiger partial charge in [-0.05, 0) is 37.9 Å². The highest BCUT2D eigenvalue weighted by molar-refractivity contribution is 7.85. The molecule has 1 saturated heterocycles. The molecule has 0 saturated carbocycles. The average Bonchev–Trinajstić information content (AvgIpc) is 2.54. The maximum absolute atomic E-state index is 12.2. The van der Waals surface area contributed by atoms with Crippen molar-refractivity contribution in [1.29, 1.82) is 0 Å². The standard InChI is InChI=1S/C15H20F3N3O5S/c16-15(17,18)6-1-7-20-8-4-11(5-9-20)19-13-3-2-12(27(24,25)26)10-14(13)21(22)23/h2-3,10-11,19H,1,4-9H2,(H,24,25,26). The van der Waals surface area contributed by atoms with E-state index in [0.29, 0.717) is 32.5 Å². The van der Waals surface area contributed by atoms with Crippen LogP contribution in [0.2, 0.25) is 0 Å². The third kappa shape index (κ3) is 6.63. The fourth-order valence-corrected chi connectivity index (χ4v) is 3.47. The van der Waals surface area contributed by atoms with E-state index in [1.165, 1.54) is 6.07 Å². The molecule has 0 radical (unpaired) electrons. The zero-order valence-corrected chi connectivity index (χ0v) is 15.1. The Balaban J connectivity index is 1.94. The molecule has 0 unspecified atom stereocenters. The van der Waals surface area contributed by atoms with Gasteiger partial charge in [0.1, 0.15) is 10.6 Å². The lowest BCUT2D eigenvalue weighted by Crippen LogP contribution is -2.39. The summed E-state index contributed by atoms with van der Waals surface area (Å²) < 4.78 is 67.8. The number of nitrogens with one attached hydrogen (secondary N) is 1. The summed E-state index contributed by atoms with van der Waals surface area (Å²) in [4.78, 5) is 11.8. The predicted molar refractivity (Wildman–Crippen MR) is 91.3 cm³/mol. The van der Waals surface area contributed by atoms with E-state index < -0.39 is 38.2 Å². The van der Waals surface area contributed by atoms with E-state index in [1.807, 2.05) is 4.90 Å². The number of nitro groups is 1. The van der Waals surface area contributed by atoms with Crippen molar-refractivity contribution in [1.82, 2.24) is 4.90 Å². The van der Waals surface area contributed by atoms with Gasteiger partial charge in [-0.15, -0.1) is 0 Å². The third-order valence-electron chi connectivity index (χ3n) is 4.35. The van der Waals surface area contributed by atoms with Gasteiger partial charge in [0, 0.05) is 31.6 Å². The van der Waals surface area contributed by atoms with Gasteiger partial charge in [0.25, 0.3) is 15.8 Å². The Morgan fingerprint density at radius 3 is 2.44 bits per heavy atom. The largest absolute Gasteiger partial charge is 0.389 e. The molecule has 2 N–H and O–H groups in total. The van der Waals surface area contributed by atoms with Gasteiger partial charge in [-0.1, -0.05) is 0 Å². The quantitative estimate of drug-likeness (QED) is 0.403. The molecule has 1 heterocycles. The maximum Gasteiger partial charge on any atom is 0.389 e. The van der Waals surface area contributed by atoms with Crippen molar-refractivity contribution in [2.75, 3.05) is 25.0 Å². The highest BCUT2D eigenvalue weighted by Gasteiger charge is 2.28. The monoisotopic (exact) mass is 411 g/mol. The van der Waals surface area contributed by atoms with Crippen LogP contribution in [0.25, 0.3) is 0 Å². The molecule has 0 aliphatic carbocycles. The van der Waals surface area contributed by atoms with Crippen molar-refractivity contribution in [3.8, 4) is 0 Å². The lowest BCUT2D eigenvalue weighted by molar-refractivity contribution is -0.384. The van der Waals surface area contributed by atoms with Crippen molar-refractivity contribution in [2.24, 2.45) is 0 Å². The van der Waals surface area contributed by atoms with Gasteiger partial charge in [-0.3, -0.25) is 14.7 Å². The van der Waals surface area contributed by atoms with Crippen molar-refractivity contribution < 1.29 is 31.1 Å². The predicted octanol–water partition coefficient (Wildman–Crippen LogP) is 3.06. The molecule has 2 rings (SSSR count). The molecule has 1 aliphatic heterocycles. The van der Waals surface area contributed by atoms with Crippen LogP contribution in [0.5, 0.6) is 0 Å². The van der Waals surface area contributed by atoms with Crippen LogP contribution in [0.1, 0.15) is 25.7 Å². The van der Waals surface area contributed by atoms with E-state index in [2.05, 4.69) is 5.32 Å². The lowest BCUT2D eigenvalue weighted by Gasteiger charge is -2.32. The SMILES string of the molecule is O=[N+]([O-])c1cc(S(=O)(=O)O)ccc1NC1CCN(CCCC(F)(F)F)CC1. The molecule has 8 nitrogen and oxygen atoms in total. The number of anilines is 1. The Morgan fingerprint density at radius 2 is 1.93 bits per heavy atom. The first kappa shape index (κ1) is 21.4. The van der Waals surface area contributed by atoms with Crippen molar-refractivity contribution in [3.63, 3.8) is 0 Å². The summed E-state index contributed by atoms with van der Waals surface area (Å²) in [5.41, 5.74) is -0.347. The average molecular weight is 411 g/mol. The number of likely N-dealkylation sites (tertiary alicyclic amines) is 1. The first-order chi connectivity index (χ1) is 12.5. The summed E-state index contributed by atoms with van der Waals surface area (Å²) in [5.74, 6) is 0. The molecular weight excluding hydrogens is 391 g/mol. The van der Waals surface area contributed by atoms with Crippen LogP contribution in [0, 0.1) is 10.1 Å². The van der Waals surface area contributed by atoms with Gasteiger partial charge in [0.15, 0.2) is 0 Å². The zero-order valence-electron chi connectivity index (χ0n) is 14.3. The molecule has 0 aromatic heterocycles. The Bertz CT molecular complexity index is 777. The van der Waals surface area contributed by atoms with E-state index in [-0.39, 0.29) is 18.2 Å². The summed E-state index contributed by atoms with van der Waals surface area (Å²) in [7, 11) is -4.55. The molecule has 27 heavy (non-hydrogen) atoms. The number of halogens is 3. The van der Waals surface area contributed by atoms with Crippen molar-refractivity contribution in [2.45, 2.75) is 42.8 Å². The number of nitro benzene ring substituents is 1. The molecule has 0 atom stereocenters. The van der Waals surface area contributed by atoms with Crippen LogP contribution in [-0.4, -0.2) is 54.6 Å². The van der Waals surface area contributed by atoms with Crippen molar-refractivity contribution in [3.05, 3.63) is 28.3 Å². The van der Waals surface area contributed by atoms with Crippen molar-refractivity contribution >= 4 is 21.5 Å². The van der Waals surface area contributed by atoms with Crippen LogP contribution in [-0.2, 0) is 10.1 Å². The Labute approximate surface area is 154 Å². The van der Waals surface area contributed by atoms with E-state index in [1.54, 1.807) is 0 Å². The number of piperidine rings is 1. The van der Waals surface area contributed by atoms with Crippen LogP contribution in [0.3, 0.4) is 0 Å². The van der Waals surface area contributed by atoms with Crippen LogP contribution < -0.4 is 5.32 Å². The summed E-state index contributed by atoms with van der Waals surface area (Å²) in [6.45, 7) is 1.47. The van der Waals surface area contributed by atoms with Gasteiger partial charge < -0.3 is 10.2 Å². The second-order valence-electron chi connectivity index (χ2n) is 6.39. The van der Waals surface area contributed by atoms with Gasteiger partial charge in [0.05, 0.1) is 4.92 Å². The van der Waals surface area contributed by atoms with Gasteiger partial charge >= 0.3 is 6.18 Å². The maximum atomic E-state index is 12.2. The van der Waals surface area contributed by atoms with Crippen LogP contribution in [0.4, 0.5) is 24.5 Å².